The lowest BCUT2D eigenvalue weighted by Gasteiger charge is -2.62. The second-order valence-corrected chi connectivity index (χ2v) is 13.9. The van der Waals surface area contributed by atoms with Crippen LogP contribution in [0.5, 0.6) is 0 Å². The van der Waals surface area contributed by atoms with Gasteiger partial charge in [-0.2, -0.15) is 0 Å². The summed E-state index contributed by atoms with van der Waals surface area (Å²) in [4.78, 5) is 0. The van der Waals surface area contributed by atoms with Gasteiger partial charge in [0.2, 0.25) is 0 Å². The topological polar surface area (TPSA) is 20.2 Å². The van der Waals surface area contributed by atoms with E-state index in [2.05, 4.69) is 41.5 Å². The van der Waals surface area contributed by atoms with Crippen LogP contribution in [-0.4, -0.2) is 10.7 Å². The SMILES string of the molecule is CCCC[C@H](C)CC[C@@H](C)[C@H]1CCC2C3CCC4C[C@@](C)(O)CC[C@]4(C)C3CC[C@@]21C. The molecule has 0 radical (unpaired) electrons. The highest BCUT2D eigenvalue weighted by Crippen LogP contribution is 2.68. The third-order valence-corrected chi connectivity index (χ3v) is 11.9. The second-order valence-electron chi connectivity index (χ2n) is 13.9. The molecule has 0 aliphatic heterocycles. The fourth-order valence-corrected chi connectivity index (χ4v) is 9.85. The van der Waals surface area contributed by atoms with Crippen molar-refractivity contribution >= 4 is 0 Å². The second kappa shape index (κ2) is 8.96. The van der Waals surface area contributed by atoms with Gasteiger partial charge in [-0.15, -0.1) is 0 Å². The molecule has 0 aromatic heterocycles. The molecule has 10 atom stereocenters. The molecule has 4 unspecified atom stereocenters. The quantitative estimate of drug-likeness (QED) is 0.428. The van der Waals surface area contributed by atoms with E-state index in [1.54, 1.807) is 0 Å². The molecule has 31 heavy (non-hydrogen) atoms. The third-order valence-electron chi connectivity index (χ3n) is 11.9. The fraction of sp³-hybridized carbons (Fsp3) is 1.00. The highest BCUT2D eigenvalue weighted by Gasteiger charge is 2.61. The summed E-state index contributed by atoms with van der Waals surface area (Å²) < 4.78 is 0. The molecule has 0 amide bonds. The Morgan fingerprint density at radius 2 is 1.55 bits per heavy atom. The minimum atomic E-state index is -0.400. The van der Waals surface area contributed by atoms with Gasteiger partial charge in [-0.25, -0.2) is 0 Å². The van der Waals surface area contributed by atoms with E-state index in [0.29, 0.717) is 10.8 Å². The zero-order chi connectivity index (χ0) is 22.4. The maximum atomic E-state index is 10.7. The number of unbranched alkanes of at least 4 members (excludes halogenated alkanes) is 1. The molecule has 1 heteroatoms. The van der Waals surface area contributed by atoms with E-state index in [9.17, 15) is 5.11 Å². The van der Waals surface area contributed by atoms with Crippen LogP contribution in [-0.2, 0) is 0 Å². The lowest BCUT2D eigenvalue weighted by molar-refractivity contribution is -0.148. The highest BCUT2D eigenvalue weighted by atomic mass is 16.3. The van der Waals surface area contributed by atoms with Gasteiger partial charge in [-0.3, -0.25) is 0 Å². The summed E-state index contributed by atoms with van der Waals surface area (Å²) in [7, 11) is 0. The van der Waals surface area contributed by atoms with E-state index in [1.807, 2.05) is 0 Å². The summed E-state index contributed by atoms with van der Waals surface area (Å²) in [6.45, 7) is 14.9. The van der Waals surface area contributed by atoms with Gasteiger partial charge in [0, 0.05) is 0 Å². The predicted molar refractivity (Wildman–Crippen MR) is 133 cm³/mol. The van der Waals surface area contributed by atoms with Gasteiger partial charge in [0.25, 0.3) is 0 Å². The maximum Gasteiger partial charge on any atom is 0.0622 e. The zero-order valence-electron chi connectivity index (χ0n) is 21.9. The molecular weight excluding hydrogens is 376 g/mol. The molecule has 0 heterocycles. The molecule has 4 fully saturated rings. The Morgan fingerprint density at radius 1 is 0.806 bits per heavy atom. The first-order chi connectivity index (χ1) is 14.6. The number of hydrogen-bond donors (Lipinski definition) is 1. The molecule has 4 saturated carbocycles. The van der Waals surface area contributed by atoms with Gasteiger partial charge < -0.3 is 5.11 Å². The van der Waals surface area contributed by atoms with E-state index >= 15 is 0 Å². The molecule has 0 aromatic carbocycles. The monoisotopic (exact) mass is 430 g/mol. The molecule has 0 spiro atoms. The molecule has 4 rings (SSSR count). The lowest BCUT2D eigenvalue weighted by atomic mass is 9.43. The molecule has 4 aliphatic rings. The van der Waals surface area contributed by atoms with E-state index in [-0.39, 0.29) is 0 Å². The number of aliphatic hydroxyl groups is 1. The van der Waals surface area contributed by atoms with E-state index in [0.717, 1.165) is 54.3 Å². The largest absolute Gasteiger partial charge is 0.390 e. The molecular formula is C30H54O. The summed E-state index contributed by atoms with van der Waals surface area (Å²) >= 11 is 0. The van der Waals surface area contributed by atoms with Crippen LogP contribution in [0, 0.1) is 52.3 Å². The summed E-state index contributed by atoms with van der Waals surface area (Å²) in [6.07, 6.45) is 19.3. The minimum Gasteiger partial charge on any atom is -0.390 e. The van der Waals surface area contributed by atoms with Crippen LogP contribution in [0.15, 0.2) is 0 Å². The average molecular weight is 431 g/mol. The normalized spacial score (nSPS) is 49.1. The van der Waals surface area contributed by atoms with Crippen molar-refractivity contribution in [2.24, 2.45) is 52.3 Å². The first-order valence-corrected chi connectivity index (χ1v) is 14.3. The minimum absolute atomic E-state index is 0.400. The third kappa shape index (κ3) is 4.40. The van der Waals surface area contributed by atoms with Crippen LogP contribution >= 0.6 is 0 Å². The van der Waals surface area contributed by atoms with Crippen molar-refractivity contribution < 1.29 is 5.11 Å². The van der Waals surface area contributed by atoms with Crippen LogP contribution in [0.4, 0.5) is 0 Å². The van der Waals surface area contributed by atoms with Crippen molar-refractivity contribution in [2.75, 3.05) is 0 Å². The Hall–Kier alpha value is -0.0400. The van der Waals surface area contributed by atoms with Crippen LogP contribution < -0.4 is 0 Å². The Balaban J connectivity index is 1.42. The first-order valence-electron chi connectivity index (χ1n) is 14.3. The number of hydrogen-bond acceptors (Lipinski definition) is 1. The van der Waals surface area contributed by atoms with Gasteiger partial charge in [-0.1, -0.05) is 66.7 Å². The van der Waals surface area contributed by atoms with Gasteiger partial charge >= 0.3 is 0 Å². The summed E-state index contributed by atoms with van der Waals surface area (Å²) in [5.74, 6) is 6.45. The van der Waals surface area contributed by atoms with E-state index < -0.39 is 5.60 Å². The molecule has 1 nitrogen and oxygen atoms in total. The summed E-state index contributed by atoms with van der Waals surface area (Å²) in [5.41, 5.74) is 0.712. The Bertz CT molecular complexity index is 610. The predicted octanol–water partition coefficient (Wildman–Crippen LogP) is 8.64. The zero-order valence-corrected chi connectivity index (χ0v) is 21.9. The molecule has 4 aliphatic carbocycles. The van der Waals surface area contributed by atoms with E-state index in [4.69, 9.17) is 0 Å². The molecule has 1 N–H and O–H groups in total. The van der Waals surface area contributed by atoms with Crippen LogP contribution in [0.1, 0.15) is 131 Å². The average Bonchev–Trinajstić information content (AvgIpc) is 3.08. The number of rotatable bonds is 7. The van der Waals surface area contributed by atoms with Crippen molar-refractivity contribution in [1.29, 1.82) is 0 Å². The molecule has 0 aromatic rings. The molecule has 180 valence electrons. The molecule has 0 saturated heterocycles. The smallest absolute Gasteiger partial charge is 0.0622 e. The van der Waals surface area contributed by atoms with Gasteiger partial charge in [0.1, 0.15) is 0 Å². The van der Waals surface area contributed by atoms with Gasteiger partial charge in [-0.05, 0) is 117 Å². The van der Waals surface area contributed by atoms with Crippen LogP contribution in [0.2, 0.25) is 0 Å². The summed E-state index contributed by atoms with van der Waals surface area (Å²) in [6, 6.07) is 0. The van der Waals surface area contributed by atoms with Crippen molar-refractivity contribution in [1.82, 2.24) is 0 Å². The first kappa shape index (κ1) is 24.1. The Labute approximate surface area is 194 Å². The Kier molecular flexibility index (Phi) is 6.96. The summed E-state index contributed by atoms with van der Waals surface area (Å²) in [5, 5.41) is 10.7. The number of fused-ring (bicyclic) bond motifs is 5. The Morgan fingerprint density at radius 3 is 2.29 bits per heavy atom. The van der Waals surface area contributed by atoms with Gasteiger partial charge in [0.15, 0.2) is 0 Å². The van der Waals surface area contributed by atoms with Crippen molar-refractivity contribution in [3.8, 4) is 0 Å². The standard InChI is InChI=1S/C30H54O/c1-7-8-9-21(2)10-11-22(3)25-14-15-26-24-13-12-23-20-28(4,31)18-19-29(23,5)27(24)16-17-30(25,26)6/h21-27,31H,7-20H2,1-6H3/t21-,22+,23?,24?,25+,26?,27?,28-,29-,30+/m0/s1. The van der Waals surface area contributed by atoms with Crippen molar-refractivity contribution in [2.45, 2.75) is 137 Å². The maximum absolute atomic E-state index is 10.7. The highest BCUT2D eigenvalue weighted by molar-refractivity contribution is 5.10. The van der Waals surface area contributed by atoms with Gasteiger partial charge in [0.05, 0.1) is 5.60 Å². The lowest BCUT2D eigenvalue weighted by Crippen LogP contribution is -2.55. The van der Waals surface area contributed by atoms with Crippen molar-refractivity contribution in [3.05, 3.63) is 0 Å². The fourth-order valence-electron chi connectivity index (χ4n) is 9.85. The van der Waals surface area contributed by atoms with Crippen LogP contribution in [0.3, 0.4) is 0 Å². The molecule has 0 bridgehead atoms. The van der Waals surface area contributed by atoms with Crippen molar-refractivity contribution in [3.63, 3.8) is 0 Å². The van der Waals surface area contributed by atoms with E-state index in [1.165, 1.54) is 77.0 Å². The van der Waals surface area contributed by atoms with Crippen LogP contribution in [0.25, 0.3) is 0 Å².